The first-order valence-electron chi connectivity index (χ1n) is 7.61. The molecule has 0 fully saturated rings. The molecule has 0 amide bonds. The maximum absolute atomic E-state index is 4.75. The van der Waals surface area contributed by atoms with Crippen LogP contribution in [0.4, 0.5) is 5.82 Å². The predicted octanol–water partition coefficient (Wildman–Crippen LogP) is 5.48. The van der Waals surface area contributed by atoms with Crippen molar-refractivity contribution in [2.24, 2.45) is 0 Å². The Labute approximate surface area is 145 Å². The van der Waals surface area contributed by atoms with Crippen LogP contribution in [0.3, 0.4) is 0 Å². The monoisotopic (exact) mass is 369 g/mol. The lowest BCUT2D eigenvalue weighted by molar-refractivity contribution is 0.629. The Balaban J connectivity index is 2.08. The number of nitrogens with zero attached hydrogens (tertiary/aromatic N) is 2. The summed E-state index contributed by atoms with van der Waals surface area (Å²) in [5.74, 6) is 1.00. The fourth-order valence-electron chi connectivity index (χ4n) is 2.37. The van der Waals surface area contributed by atoms with E-state index in [4.69, 9.17) is 4.98 Å². The summed E-state index contributed by atoms with van der Waals surface area (Å²) in [7, 11) is 0. The molecule has 0 spiro atoms. The summed E-state index contributed by atoms with van der Waals surface area (Å²) in [6.45, 7) is 6.44. The Bertz CT molecular complexity index is 842. The van der Waals surface area contributed by atoms with E-state index in [2.05, 4.69) is 70.7 Å². The van der Waals surface area contributed by atoms with Crippen LogP contribution < -0.4 is 5.32 Å². The quantitative estimate of drug-likeness (QED) is 0.662. The van der Waals surface area contributed by atoms with Crippen LogP contribution in [0.5, 0.6) is 0 Å². The molecule has 3 rings (SSSR count). The van der Waals surface area contributed by atoms with Gasteiger partial charge in [0.1, 0.15) is 17.2 Å². The minimum absolute atomic E-state index is 0.0480. The lowest BCUT2D eigenvalue weighted by Gasteiger charge is -2.22. The van der Waals surface area contributed by atoms with Gasteiger partial charge >= 0.3 is 0 Å². The summed E-state index contributed by atoms with van der Waals surface area (Å²) in [4.78, 5) is 4.75. The van der Waals surface area contributed by atoms with Crippen molar-refractivity contribution in [3.8, 4) is 0 Å². The van der Waals surface area contributed by atoms with E-state index in [-0.39, 0.29) is 5.54 Å². The minimum atomic E-state index is -0.0480. The van der Waals surface area contributed by atoms with E-state index in [9.17, 15) is 0 Å². The van der Waals surface area contributed by atoms with Crippen LogP contribution >= 0.6 is 15.9 Å². The lowest BCUT2D eigenvalue weighted by Crippen LogP contribution is -2.27. The fraction of sp³-hybridized carbons (Fsp3) is 0.211. The second-order valence-electron chi connectivity index (χ2n) is 6.54. The smallest absolute Gasteiger partial charge is 0.139 e. The summed E-state index contributed by atoms with van der Waals surface area (Å²) < 4.78 is 3.11. The highest BCUT2D eigenvalue weighted by Crippen LogP contribution is 2.25. The average Bonchev–Trinajstić information content (AvgIpc) is 2.82. The van der Waals surface area contributed by atoms with Gasteiger partial charge in [0, 0.05) is 16.2 Å². The summed E-state index contributed by atoms with van der Waals surface area (Å²) in [5, 5.41) is 3.56. The summed E-state index contributed by atoms with van der Waals surface area (Å²) in [6.07, 6.45) is 6.19. The van der Waals surface area contributed by atoms with Gasteiger partial charge in [0.25, 0.3) is 0 Å². The number of nitrogens with one attached hydrogen (secondary N) is 1. The van der Waals surface area contributed by atoms with Gasteiger partial charge in [-0.1, -0.05) is 36.4 Å². The number of hydrogen-bond acceptors (Lipinski definition) is 2. The molecule has 0 aliphatic heterocycles. The van der Waals surface area contributed by atoms with Gasteiger partial charge in [0.05, 0.1) is 0 Å². The molecule has 3 aromatic rings. The Morgan fingerprint density at radius 3 is 2.48 bits per heavy atom. The zero-order valence-electron chi connectivity index (χ0n) is 13.5. The number of benzene rings is 1. The highest BCUT2D eigenvalue weighted by atomic mass is 79.9. The molecule has 0 bridgehead atoms. The molecule has 1 aromatic carbocycles. The largest absolute Gasteiger partial charge is 0.365 e. The molecule has 0 aliphatic rings. The molecule has 2 aromatic heterocycles. The van der Waals surface area contributed by atoms with Crippen LogP contribution in [0.15, 0.2) is 53.1 Å². The Morgan fingerprint density at radius 2 is 1.78 bits per heavy atom. The molecule has 1 N–H and O–H groups in total. The standard InChI is InChI=1S/C19H20BrN3/c1-19(2,3)22-18-16(11-9-14-7-5-4-6-8-14)21-17-12-10-15(20)13-23(17)18/h4-13,22H,1-3H3/b11-9+. The van der Waals surface area contributed by atoms with E-state index in [1.165, 1.54) is 0 Å². The third-order valence-corrected chi connectivity index (χ3v) is 3.81. The summed E-state index contributed by atoms with van der Waals surface area (Å²) in [5.41, 5.74) is 2.97. The first kappa shape index (κ1) is 15.8. The zero-order valence-corrected chi connectivity index (χ0v) is 15.1. The second-order valence-corrected chi connectivity index (χ2v) is 7.46. The topological polar surface area (TPSA) is 29.3 Å². The third kappa shape index (κ3) is 3.82. The Morgan fingerprint density at radius 1 is 1.04 bits per heavy atom. The zero-order chi connectivity index (χ0) is 16.4. The van der Waals surface area contributed by atoms with Crippen molar-refractivity contribution in [2.75, 3.05) is 5.32 Å². The molecule has 0 saturated carbocycles. The average molecular weight is 370 g/mol. The van der Waals surface area contributed by atoms with Gasteiger partial charge in [0.15, 0.2) is 0 Å². The number of hydrogen-bond donors (Lipinski definition) is 1. The number of halogens is 1. The molecule has 118 valence electrons. The van der Waals surface area contributed by atoms with Crippen molar-refractivity contribution in [1.29, 1.82) is 0 Å². The number of fused-ring (bicyclic) bond motifs is 1. The van der Waals surface area contributed by atoms with Crippen molar-refractivity contribution in [3.05, 3.63) is 64.4 Å². The maximum atomic E-state index is 4.75. The van der Waals surface area contributed by atoms with Gasteiger partial charge in [-0.15, -0.1) is 0 Å². The Kier molecular flexibility index (Phi) is 4.26. The van der Waals surface area contributed by atoms with Gasteiger partial charge in [-0.2, -0.15) is 0 Å². The number of imidazole rings is 1. The van der Waals surface area contributed by atoms with Crippen LogP contribution in [0, 0.1) is 0 Å². The van der Waals surface area contributed by atoms with Crippen molar-refractivity contribution in [2.45, 2.75) is 26.3 Å². The molecule has 0 aliphatic carbocycles. The van der Waals surface area contributed by atoms with Gasteiger partial charge in [-0.25, -0.2) is 4.98 Å². The van der Waals surface area contributed by atoms with E-state index >= 15 is 0 Å². The molecule has 23 heavy (non-hydrogen) atoms. The SMILES string of the molecule is CC(C)(C)Nc1c(/C=C/c2ccccc2)nc2ccc(Br)cn12. The predicted molar refractivity (Wildman–Crippen MR) is 102 cm³/mol. The number of anilines is 1. The first-order valence-corrected chi connectivity index (χ1v) is 8.41. The molecule has 0 atom stereocenters. The van der Waals surface area contributed by atoms with Crippen LogP contribution in [0.2, 0.25) is 0 Å². The van der Waals surface area contributed by atoms with Crippen LogP contribution in [0.25, 0.3) is 17.8 Å². The number of pyridine rings is 1. The molecule has 2 heterocycles. The Hall–Kier alpha value is -2.07. The third-order valence-electron chi connectivity index (χ3n) is 3.34. The molecule has 3 nitrogen and oxygen atoms in total. The maximum Gasteiger partial charge on any atom is 0.139 e. The van der Waals surface area contributed by atoms with E-state index in [0.717, 1.165) is 27.2 Å². The molecule has 0 saturated heterocycles. The van der Waals surface area contributed by atoms with Gasteiger partial charge in [0.2, 0.25) is 0 Å². The van der Waals surface area contributed by atoms with Gasteiger partial charge in [-0.3, -0.25) is 4.40 Å². The number of aromatic nitrogens is 2. The molecular weight excluding hydrogens is 350 g/mol. The molecule has 0 radical (unpaired) electrons. The van der Waals surface area contributed by atoms with E-state index in [0.29, 0.717) is 0 Å². The lowest BCUT2D eigenvalue weighted by atomic mass is 10.1. The van der Waals surface area contributed by atoms with Crippen LogP contribution in [-0.4, -0.2) is 14.9 Å². The summed E-state index contributed by atoms with van der Waals surface area (Å²) >= 11 is 3.54. The van der Waals surface area contributed by atoms with Crippen LogP contribution in [-0.2, 0) is 0 Å². The van der Waals surface area contributed by atoms with E-state index in [1.54, 1.807) is 0 Å². The highest BCUT2D eigenvalue weighted by Gasteiger charge is 2.16. The van der Waals surface area contributed by atoms with E-state index in [1.807, 2.05) is 36.5 Å². The number of rotatable bonds is 3. The second kappa shape index (κ2) is 6.20. The van der Waals surface area contributed by atoms with Gasteiger partial charge < -0.3 is 5.32 Å². The van der Waals surface area contributed by atoms with Crippen molar-refractivity contribution >= 4 is 39.5 Å². The first-order chi connectivity index (χ1) is 10.9. The molecular formula is C19H20BrN3. The van der Waals surface area contributed by atoms with E-state index < -0.39 is 0 Å². The minimum Gasteiger partial charge on any atom is -0.365 e. The van der Waals surface area contributed by atoms with Crippen molar-refractivity contribution in [1.82, 2.24) is 9.38 Å². The molecule has 0 unspecified atom stereocenters. The highest BCUT2D eigenvalue weighted by molar-refractivity contribution is 9.10. The van der Waals surface area contributed by atoms with Crippen molar-refractivity contribution < 1.29 is 0 Å². The van der Waals surface area contributed by atoms with Crippen LogP contribution in [0.1, 0.15) is 32.0 Å². The fourth-order valence-corrected chi connectivity index (χ4v) is 2.71. The van der Waals surface area contributed by atoms with Crippen molar-refractivity contribution in [3.63, 3.8) is 0 Å². The normalized spacial score (nSPS) is 12.2. The molecule has 4 heteroatoms. The van der Waals surface area contributed by atoms with Gasteiger partial charge in [-0.05, 0) is 60.5 Å². The summed E-state index contributed by atoms with van der Waals surface area (Å²) in [6, 6.07) is 14.3.